The lowest BCUT2D eigenvalue weighted by Crippen LogP contribution is -2.45. The molecule has 0 spiro atoms. The van der Waals surface area contributed by atoms with Gasteiger partial charge in [0.25, 0.3) is 0 Å². The van der Waals surface area contributed by atoms with E-state index in [0.717, 1.165) is 12.3 Å². The van der Waals surface area contributed by atoms with Gasteiger partial charge in [0.2, 0.25) is 0 Å². The van der Waals surface area contributed by atoms with Gasteiger partial charge in [0.1, 0.15) is 11.9 Å². The topological polar surface area (TPSA) is 21.3 Å². The SMILES string of the molecule is CCNC1CCCCC1Oc1cccc(C)c1C. The normalized spacial score (nSPS) is 23.9. The first-order valence-corrected chi connectivity index (χ1v) is 7.18. The van der Waals surface area contributed by atoms with Crippen LogP contribution in [0.25, 0.3) is 0 Å². The summed E-state index contributed by atoms with van der Waals surface area (Å²) >= 11 is 0. The molecule has 1 saturated carbocycles. The molecule has 0 saturated heterocycles. The summed E-state index contributed by atoms with van der Waals surface area (Å²) in [5, 5.41) is 3.56. The zero-order chi connectivity index (χ0) is 13.0. The van der Waals surface area contributed by atoms with Crippen LogP contribution in [0.5, 0.6) is 5.75 Å². The van der Waals surface area contributed by atoms with E-state index in [2.05, 4.69) is 44.3 Å². The molecule has 18 heavy (non-hydrogen) atoms. The number of ether oxygens (including phenoxy) is 1. The second kappa shape index (κ2) is 6.24. The molecule has 1 fully saturated rings. The van der Waals surface area contributed by atoms with E-state index in [1.165, 1.54) is 36.8 Å². The Morgan fingerprint density at radius 1 is 1.22 bits per heavy atom. The van der Waals surface area contributed by atoms with E-state index < -0.39 is 0 Å². The van der Waals surface area contributed by atoms with Gasteiger partial charge in [-0.15, -0.1) is 0 Å². The van der Waals surface area contributed by atoms with Crippen molar-refractivity contribution in [2.45, 2.75) is 58.6 Å². The molecule has 0 amide bonds. The smallest absolute Gasteiger partial charge is 0.122 e. The largest absolute Gasteiger partial charge is 0.489 e. The molecule has 2 atom stereocenters. The molecule has 0 aromatic heterocycles. The van der Waals surface area contributed by atoms with E-state index >= 15 is 0 Å². The Kier molecular flexibility index (Phi) is 4.65. The van der Waals surface area contributed by atoms with Gasteiger partial charge in [-0.1, -0.05) is 25.5 Å². The van der Waals surface area contributed by atoms with Crippen molar-refractivity contribution in [3.05, 3.63) is 29.3 Å². The summed E-state index contributed by atoms with van der Waals surface area (Å²) in [7, 11) is 0. The predicted octanol–water partition coefficient (Wildman–Crippen LogP) is 3.60. The van der Waals surface area contributed by atoms with Gasteiger partial charge in [-0.05, 0) is 56.8 Å². The van der Waals surface area contributed by atoms with Gasteiger partial charge in [-0.3, -0.25) is 0 Å². The lowest BCUT2D eigenvalue weighted by molar-refractivity contribution is 0.114. The minimum atomic E-state index is 0.333. The van der Waals surface area contributed by atoms with Crippen LogP contribution in [0.4, 0.5) is 0 Å². The molecule has 0 aliphatic heterocycles. The number of rotatable bonds is 4. The van der Waals surface area contributed by atoms with Gasteiger partial charge in [0, 0.05) is 6.04 Å². The maximum Gasteiger partial charge on any atom is 0.122 e. The molecule has 2 heteroatoms. The van der Waals surface area contributed by atoms with E-state index in [4.69, 9.17) is 4.74 Å². The second-order valence-electron chi connectivity index (χ2n) is 5.30. The molecule has 1 aromatic rings. The van der Waals surface area contributed by atoms with Crippen LogP contribution >= 0.6 is 0 Å². The molecular weight excluding hydrogens is 222 g/mol. The highest BCUT2D eigenvalue weighted by molar-refractivity contribution is 5.38. The summed E-state index contributed by atoms with van der Waals surface area (Å²) in [5.74, 6) is 1.06. The molecule has 100 valence electrons. The van der Waals surface area contributed by atoms with Gasteiger partial charge in [-0.25, -0.2) is 0 Å². The Bertz CT molecular complexity index is 387. The minimum Gasteiger partial charge on any atom is -0.489 e. The number of aryl methyl sites for hydroxylation is 1. The van der Waals surface area contributed by atoms with Crippen LogP contribution in [-0.4, -0.2) is 18.7 Å². The van der Waals surface area contributed by atoms with Gasteiger partial charge < -0.3 is 10.1 Å². The van der Waals surface area contributed by atoms with E-state index in [1.54, 1.807) is 0 Å². The fourth-order valence-electron chi connectivity index (χ4n) is 2.75. The molecule has 0 bridgehead atoms. The lowest BCUT2D eigenvalue weighted by Gasteiger charge is -2.33. The molecule has 0 heterocycles. The number of benzene rings is 1. The third-order valence-corrected chi connectivity index (χ3v) is 4.00. The summed E-state index contributed by atoms with van der Waals surface area (Å²) in [6.07, 6.45) is 5.36. The van der Waals surface area contributed by atoms with Crippen molar-refractivity contribution in [3.63, 3.8) is 0 Å². The monoisotopic (exact) mass is 247 g/mol. The van der Waals surface area contributed by atoms with E-state index in [1.807, 2.05) is 0 Å². The third-order valence-electron chi connectivity index (χ3n) is 4.00. The summed E-state index contributed by atoms with van der Waals surface area (Å²) in [6, 6.07) is 6.84. The van der Waals surface area contributed by atoms with E-state index in [9.17, 15) is 0 Å². The van der Waals surface area contributed by atoms with Crippen LogP contribution in [0, 0.1) is 13.8 Å². The highest BCUT2D eigenvalue weighted by Gasteiger charge is 2.26. The number of likely N-dealkylation sites (N-methyl/N-ethyl adjacent to an activating group) is 1. The van der Waals surface area contributed by atoms with Crippen LogP contribution in [-0.2, 0) is 0 Å². The molecule has 1 aliphatic rings. The van der Waals surface area contributed by atoms with Crippen molar-refractivity contribution in [3.8, 4) is 5.75 Å². The summed E-state index contributed by atoms with van der Waals surface area (Å²) in [6.45, 7) is 7.49. The zero-order valence-corrected chi connectivity index (χ0v) is 11.8. The number of nitrogens with one attached hydrogen (secondary N) is 1. The zero-order valence-electron chi connectivity index (χ0n) is 11.8. The maximum absolute atomic E-state index is 6.27. The van der Waals surface area contributed by atoms with Crippen LogP contribution in [0.15, 0.2) is 18.2 Å². The van der Waals surface area contributed by atoms with E-state index in [-0.39, 0.29) is 0 Å². The first-order chi connectivity index (χ1) is 8.72. The van der Waals surface area contributed by atoms with Crippen LogP contribution in [0.3, 0.4) is 0 Å². The van der Waals surface area contributed by atoms with Gasteiger partial charge in [0.15, 0.2) is 0 Å². The van der Waals surface area contributed by atoms with Crippen molar-refractivity contribution < 1.29 is 4.74 Å². The Morgan fingerprint density at radius 2 is 2.00 bits per heavy atom. The summed E-state index contributed by atoms with van der Waals surface area (Å²) < 4.78 is 6.27. The predicted molar refractivity (Wildman–Crippen MR) is 76.3 cm³/mol. The highest BCUT2D eigenvalue weighted by Crippen LogP contribution is 2.27. The number of hydrogen-bond donors (Lipinski definition) is 1. The average molecular weight is 247 g/mol. The first kappa shape index (κ1) is 13.4. The van der Waals surface area contributed by atoms with Crippen LogP contribution in [0.2, 0.25) is 0 Å². The fourth-order valence-corrected chi connectivity index (χ4v) is 2.75. The Balaban J connectivity index is 2.08. The second-order valence-corrected chi connectivity index (χ2v) is 5.30. The molecule has 1 aromatic carbocycles. The molecule has 2 unspecified atom stereocenters. The van der Waals surface area contributed by atoms with Crippen molar-refractivity contribution in [1.82, 2.24) is 5.32 Å². The van der Waals surface area contributed by atoms with E-state index in [0.29, 0.717) is 12.1 Å². The molecular formula is C16H25NO. The van der Waals surface area contributed by atoms with Gasteiger partial charge in [-0.2, -0.15) is 0 Å². The van der Waals surface area contributed by atoms with Crippen molar-refractivity contribution in [1.29, 1.82) is 0 Å². The minimum absolute atomic E-state index is 0.333. The van der Waals surface area contributed by atoms with Crippen LogP contribution in [0.1, 0.15) is 43.7 Å². The first-order valence-electron chi connectivity index (χ1n) is 7.18. The maximum atomic E-state index is 6.27. The third kappa shape index (κ3) is 3.05. The summed E-state index contributed by atoms with van der Waals surface area (Å²) in [4.78, 5) is 0. The molecule has 2 rings (SSSR count). The standard InChI is InChI=1S/C16H25NO/c1-4-17-14-9-5-6-10-16(14)18-15-11-7-8-12(2)13(15)3/h7-8,11,14,16-17H,4-6,9-10H2,1-3H3. The average Bonchev–Trinajstić information content (AvgIpc) is 2.37. The quantitative estimate of drug-likeness (QED) is 0.877. The van der Waals surface area contributed by atoms with Gasteiger partial charge >= 0.3 is 0 Å². The fraction of sp³-hybridized carbons (Fsp3) is 0.625. The van der Waals surface area contributed by atoms with Gasteiger partial charge in [0.05, 0.1) is 0 Å². The summed E-state index contributed by atoms with van der Waals surface area (Å²) in [5.41, 5.74) is 2.58. The van der Waals surface area contributed by atoms with Crippen molar-refractivity contribution in [2.24, 2.45) is 0 Å². The van der Waals surface area contributed by atoms with Crippen LogP contribution < -0.4 is 10.1 Å². The molecule has 0 radical (unpaired) electrons. The Labute approximate surface area is 111 Å². The Hall–Kier alpha value is -1.02. The number of hydrogen-bond acceptors (Lipinski definition) is 2. The van der Waals surface area contributed by atoms with Crippen molar-refractivity contribution in [2.75, 3.05) is 6.54 Å². The van der Waals surface area contributed by atoms with Crippen molar-refractivity contribution >= 4 is 0 Å². The lowest BCUT2D eigenvalue weighted by atomic mass is 9.92. The Morgan fingerprint density at radius 3 is 2.78 bits per heavy atom. The molecule has 1 N–H and O–H groups in total. The highest BCUT2D eigenvalue weighted by atomic mass is 16.5. The molecule has 1 aliphatic carbocycles. The molecule has 2 nitrogen and oxygen atoms in total.